The van der Waals surface area contributed by atoms with E-state index in [0.29, 0.717) is 6.04 Å². The highest BCUT2D eigenvalue weighted by molar-refractivity contribution is 5.95. The Hall–Kier alpha value is -1.51. The van der Waals surface area contributed by atoms with Gasteiger partial charge >= 0.3 is 0 Å². The van der Waals surface area contributed by atoms with Gasteiger partial charge in [0.25, 0.3) is 5.91 Å². The summed E-state index contributed by atoms with van der Waals surface area (Å²) in [6.45, 7) is 3.97. The zero-order valence-electron chi connectivity index (χ0n) is 13.0. The molecule has 1 amide bonds. The number of nitrogens with one attached hydrogen (secondary N) is 1. The number of nitrogens with zero attached hydrogens (tertiary/aromatic N) is 1. The third kappa shape index (κ3) is 3.07. The first kappa shape index (κ1) is 14.4. The van der Waals surface area contributed by atoms with Crippen molar-refractivity contribution in [2.75, 3.05) is 18.4 Å². The molecule has 21 heavy (non-hydrogen) atoms. The van der Waals surface area contributed by atoms with E-state index in [9.17, 15) is 4.79 Å². The molecular weight excluding hydrogens is 260 g/mol. The second-order valence-corrected chi connectivity index (χ2v) is 6.29. The van der Waals surface area contributed by atoms with Gasteiger partial charge in [0, 0.05) is 30.4 Å². The highest BCUT2D eigenvalue weighted by atomic mass is 16.2. The van der Waals surface area contributed by atoms with Crippen molar-refractivity contribution in [3.05, 3.63) is 29.3 Å². The van der Waals surface area contributed by atoms with Crippen LogP contribution in [0.5, 0.6) is 0 Å². The molecule has 0 bridgehead atoms. The van der Waals surface area contributed by atoms with Crippen LogP contribution < -0.4 is 5.32 Å². The molecule has 0 unspecified atom stereocenters. The fourth-order valence-corrected chi connectivity index (χ4v) is 3.73. The first-order chi connectivity index (χ1) is 10.3. The Kier molecular flexibility index (Phi) is 4.47. The van der Waals surface area contributed by atoms with Crippen molar-refractivity contribution in [2.45, 2.75) is 57.9 Å². The summed E-state index contributed by atoms with van der Waals surface area (Å²) in [7, 11) is 0. The normalized spacial score (nSPS) is 18.7. The first-order valence-electron chi connectivity index (χ1n) is 8.47. The molecule has 1 heterocycles. The van der Waals surface area contributed by atoms with Crippen LogP contribution in [0.15, 0.2) is 18.2 Å². The minimum absolute atomic E-state index is 0.220. The van der Waals surface area contributed by atoms with Crippen LogP contribution in [0.4, 0.5) is 5.69 Å². The molecule has 1 aromatic carbocycles. The predicted octanol–water partition coefficient (Wildman–Crippen LogP) is 3.84. The van der Waals surface area contributed by atoms with E-state index >= 15 is 0 Å². The van der Waals surface area contributed by atoms with Crippen LogP contribution in [0.1, 0.15) is 61.4 Å². The molecule has 1 aliphatic carbocycles. The third-order valence-electron chi connectivity index (χ3n) is 4.91. The van der Waals surface area contributed by atoms with E-state index < -0.39 is 0 Å². The molecule has 0 radical (unpaired) electrons. The summed E-state index contributed by atoms with van der Waals surface area (Å²) in [4.78, 5) is 15.0. The average molecular weight is 286 g/mol. The summed E-state index contributed by atoms with van der Waals surface area (Å²) in [5.41, 5.74) is 3.37. The summed E-state index contributed by atoms with van der Waals surface area (Å²) in [5.74, 6) is 0.220. The molecule has 0 atom stereocenters. The van der Waals surface area contributed by atoms with Crippen molar-refractivity contribution in [3.8, 4) is 0 Å². The number of benzene rings is 1. The Morgan fingerprint density at radius 3 is 2.81 bits per heavy atom. The second-order valence-electron chi connectivity index (χ2n) is 6.29. The molecule has 3 rings (SSSR count). The molecule has 3 nitrogen and oxygen atoms in total. The van der Waals surface area contributed by atoms with E-state index in [2.05, 4.69) is 29.3 Å². The summed E-state index contributed by atoms with van der Waals surface area (Å²) >= 11 is 0. The smallest absolute Gasteiger partial charge is 0.254 e. The SMILES string of the molecule is CCN(C(=O)c1ccc2c(c1)CCCN2)C1CCCCC1. The first-order valence-corrected chi connectivity index (χ1v) is 8.47. The highest BCUT2D eigenvalue weighted by Gasteiger charge is 2.25. The van der Waals surface area contributed by atoms with Crippen LogP contribution in [0, 0.1) is 0 Å². The van der Waals surface area contributed by atoms with Crippen molar-refractivity contribution in [1.82, 2.24) is 4.90 Å². The quantitative estimate of drug-likeness (QED) is 0.915. The van der Waals surface area contributed by atoms with Gasteiger partial charge in [-0.2, -0.15) is 0 Å². The van der Waals surface area contributed by atoms with Crippen LogP contribution in [-0.4, -0.2) is 29.9 Å². The van der Waals surface area contributed by atoms with Gasteiger partial charge in [0.2, 0.25) is 0 Å². The van der Waals surface area contributed by atoms with E-state index in [0.717, 1.165) is 31.5 Å². The molecule has 0 saturated heterocycles. The van der Waals surface area contributed by atoms with Gasteiger partial charge in [-0.1, -0.05) is 19.3 Å². The van der Waals surface area contributed by atoms with Gasteiger partial charge in [-0.25, -0.2) is 0 Å². The maximum Gasteiger partial charge on any atom is 0.254 e. The Balaban J connectivity index is 1.79. The molecule has 0 aromatic heterocycles. The molecule has 1 fully saturated rings. The fraction of sp³-hybridized carbons (Fsp3) is 0.611. The number of hydrogen-bond donors (Lipinski definition) is 1. The van der Waals surface area contributed by atoms with Crippen molar-refractivity contribution in [3.63, 3.8) is 0 Å². The molecule has 0 spiro atoms. The topological polar surface area (TPSA) is 32.3 Å². The number of aryl methyl sites for hydroxylation is 1. The van der Waals surface area contributed by atoms with Crippen LogP contribution in [0.2, 0.25) is 0 Å². The zero-order valence-corrected chi connectivity index (χ0v) is 13.0. The highest BCUT2D eigenvalue weighted by Crippen LogP contribution is 2.26. The van der Waals surface area contributed by atoms with Gasteiger partial charge in [0.05, 0.1) is 0 Å². The molecule has 114 valence electrons. The third-order valence-corrected chi connectivity index (χ3v) is 4.91. The Labute approximate surface area is 127 Å². The maximum absolute atomic E-state index is 12.9. The minimum atomic E-state index is 0.220. The zero-order chi connectivity index (χ0) is 14.7. The number of carbonyl (C=O) groups excluding carboxylic acids is 1. The van der Waals surface area contributed by atoms with Crippen LogP contribution in [0.25, 0.3) is 0 Å². The molecular formula is C18H26N2O. The van der Waals surface area contributed by atoms with Gasteiger partial charge in [-0.05, 0) is 56.4 Å². The van der Waals surface area contributed by atoms with Gasteiger partial charge in [0.1, 0.15) is 0 Å². The van der Waals surface area contributed by atoms with Gasteiger partial charge in [-0.15, -0.1) is 0 Å². The van der Waals surface area contributed by atoms with Crippen LogP contribution in [-0.2, 0) is 6.42 Å². The number of carbonyl (C=O) groups is 1. The minimum Gasteiger partial charge on any atom is -0.385 e. The van der Waals surface area contributed by atoms with Crippen LogP contribution in [0.3, 0.4) is 0 Å². The van der Waals surface area contributed by atoms with Crippen LogP contribution >= 0.6 is 0 Å². The lowest BCUT2D eigenvalue weighted by atomic mass is 9.93. The molecule has 1 N–H and O–H groups in total. The lowest BCUT2D eigenvalue weighted by Gasteiger charge is -2.34. The van der Waals surface area contributed by atoms with Crippen molar-refractivity contribution >= 4 is 11.6 Å². The largest absolute Gasteiger partial charge is 0.385 e. The fourth-order valence-electron chi connectivity index (χ4n) is 3.73. The molecule has 2 aliphatic rings. The van der Waals surface area contributed by atoms with Gasteiger partial charge in [0.15, 0.2) is 0 Å². The summed E-state index contributed by atoms with van der Waals surface area (Å²) in [6.07, 6.45) is 8.44. The maximum atomic E-state index is 12.9. The van der Waals surface area contributed by atoms with Gasteiger partial charge in [-0.3, -0.25) is 4.79 Å². The molecule has 1 aromatic rings. The summed E-state index contributed by atoms with van der Waals surface area (Å²) < 4.78 is 0. The van der Waals surface area contributed by atoms with Crippen molar-refractivity contribution < 1.29 is 4.79 Å². The number of hydrogen-bond acceptors (Lipinski definition) is 2. The average Bonchev–Trinajstić information content (AvgIpc) is 2.56. The molecule has 3 heteroatoms. The molecule has 1 aliphatic heterocycles. The Morgan fingerprint density at radius 1 is 1.24 bits per heavy atom. The Morgan fingerprint density at radius 2 is 2.05 bits per heavy atom. The van der Waals surface area contributed by atoms with E-state index in [-0.39, 0.29) is 5.91 Å². The van der Waals surface area contributed by atoms with E-state index in [1.54, 1.807) is 0 Å². The molecule has 1 saturated carbocycles. The van der Waals surface area contributed by atoms with Crippen molar-refractivity contribution in [2.24, 2.45) is 0 Å². The predicted molar refractivity (Wildman–Crippen MR) is 86.8 cm³/mol. The van der Waals surface area contributed by atoms with Crippen molar-refractivity contribution in [1.29, 1.82) is 0 Å². The van der Waals surface area contributed by atoms with E-state index in [1.807, 2.05) is 6.07 Å². The number of rotatable bonds is 3. The summed E-state index contributed by atoms with van der Waals surface area (Å²) in [5, 5.41) is 3.41. The summed E-state index contributed by atoms with van der Waals surface area (Å²) in [6, 6.07) is 6.63. The number of anilines is 1. The van der Waals surface area contributed by atoms with E-state index in [4.69, 9.17) is 0 Å². The second kappa shape index (κ2) is 6.50. The Bertz CT molecular complexity index is 506. The number of fused-ring (bicyclic) bond motifs is 1. The lowest BCUT2D eigenvalue weighted by molar-refractivity contribution is 0.0648. The van der Waals surface area contributed by atoms with E-state index in [1.165, 1.54) is 43.4 Å². The monoisotopic (exact) mass is 286 g/mol. The lowest BCUT2D eigenvalue weighted by Crippen LogP contribution is -2.41. The number of amides is 1. The standard InChI is InChI=1S/C18H26N2O/c1-2-20(16-8-4-3-5-9-16)18(21)15-10-11-17-14(13-15)7-6-12-19-17/h10-11,13,16,19H,2-9,12H2,1H3. The van der Waals surface area contributed by atoms with Gasteiger partial charge < -0.3 is 10.2 Å².